The molecule has 6 heteroatoms. The highest BCUT2D eigenvalue weighted by Gasteiger charge is 2.17. The van der Waals surface area contributed by atoms with Crippen molar-refractivity contribution in [3.8, 4) is 10.4 Å². The van der Waals surface area contributed by atoms with Crippen molar-refractivity contribution < 1.29 is 4.57 Å². The van der Waals surface area contributed by atoms with E-state index in [1.807, 2.05) is 22.9 Å². The second-order valence-corrected chi connectivity index (χ2v) is 8.50. The second-order valence-electron chi connectivity index (χ2n) is 6.69. The van der Waals surface area contributed by atoms with Crippen LogP contribution in [0.15, 0.2) is 46.1 Å². The molecule has 130 valence electrons. The molecule has 0 atom stereocenters. The molecule has 0 fully saturated rings. The molecule has 5 rings (SSSR count). The van der Waals surface area contributed by atoms with E-state index in [4.69, 9.17) is 4.98 Å². The summed E-state index contributed by atoms with van der Waals surface area (Å²) in [4.78, 5) is 22.3. The van der Waals surface area contributed by atoms with Crippen molar-refractivity contribution in [1.29, 1.82) is 0 Å². The zero-order chi connectivity index (χ0) is 17.5. The van der Waals surface area contributed by atoms with E-state index in [1.54, 1.807) is 22.7 Å². The number of nitrogens with one attached hydrogen (secondary N) is 1. The highest BCUT2D eigenvalue weighted by atomic mass is 32.1. The number of pyridine rings is 1. The Labute approximate surface area is 158 Å². The molecule has 0 amide bonds. The van der Waals surface area contributed by atoms with Crippen LogP contribution in [0, 0.1) is 0 Å². The molecule has 1 aliphatic carbocycles. The number of thiophene rings is 2. The van der Waals surface area contributed by atoms with Gasteiger partial charge in [-0.15, -0.1) is 22.7 Å². The maximum Gasteiger partial charge on any atom is 0.260 e. The van der Waals surface area contributed by atoms with Crippen LogP contribution in [-0.4, -0.2) is 9.97 Å². The first kappa shape index (κ1) is 15.9. The third-order valence-corrected chi connectivity index (χ3v) is 6.73. The Kier molecular flexibility index (Phi) is 3.94. The number of aromatic amines is 1. The summed E-state index contributed by atoms with van der Waals surface area (Å²) in [5.41, 5.74) is 3.83. The Morgan fingerprint density at radius 3 is 2.88 bits per heavy atom. The normalized spacial score (nSPS) is 13.8. The number of hydrogen-bond donors (Lipinski definition) is 1. The van der Waals surface area contributed by atoms with Gasteiger partial charge in [-0.25, -0.2) is 4.98 Å². The zero-order valence-corrected chi connectivity index (χ0v) is 15.8. The van der Waals surface area contributed by atoms with Gasteiger partial charge in [0.05, 0.1) is 5.39 Å². The van der Waals surface area contributed by atoms with Gasteiger partial charge in [-0.05, 0) is 42.7 Å². The van der Waals surface area contributed by atoms with Crippen LogP contribution in [0.2, 0.25) is 0 Å². The summed E-state index contributed by atoms with van der Waals surface area (Å²) >= 11 is 3.19. The summed E-state index contributed by atoms with van der Waals surface area (Å²) in [6.45, 7) is 0.588. The number of rotatable bonds is 3. The number of aromatic nitrogens is 3. The first-order valence-electron chi connectivity index (χ1n) is 8.83. The van der Waals surface area contributed by atoms with Crippen LogP contribution >= 0.6 is 22.7 Å². The fourth-order valence-corrected chi connectivity index (χ4v) is 5.45. The van der Waals surface area contributed by atoms with Gasteiger partial charge in [0, 0.05) is 27.5 Å². The molecule has 0 saturated carbocycles. The van der Waals surface area contributed by atoms with Gasteiger partial charge in [0.1, 0.15) is 4.83 Å². The predicted molar refractivity (Wildman–Crippen MR) is 106 cm³/mol. The molecule has 1 N–H and O–H groups in total. The highest BCUT2D eigenvalue weighted by Crippen LogP contribution is 2.33. The molecule has 0 bridgehead atoms. The maximum absolute atomic E-state index is 12.7. The maximum atomic E-state index is 12.7. The molecule has 0 aliphatic heterocycles. The van der Waals surface area contributed by atoms with Crippen molar-refractivity contribution in [3.05, 3.63) is 68.7 Å². The lowest BCUT2D eigenvalue weighted by atomic mass is 9.93. The van der Waals surface area contributed by atoms with E-state index in [0.29, 0.717) is 17.8 Å². The van der Waals surface area contributed by atoms with E-state index < -0.39 is 0 Å². The van der Waals surface area contributed by atoms with Crippen molar-refractivity contribution >= 4 is 32.9 Å². The van der Waals surface area contributed by atoms with E-state index in [9.17, 15) is 4.79 Å². The number of aryl methyl sites for hydroxylation is 2. The summed E-state index contributed by atoms with van der Waals surface area (Å²) in [7, 11) is 0. The Hall–Kier alpha value is -2.31. The summed E-state index contributed by atoms with van der Waals surface area (Å²) in [6.07, 6.45) is 9.18. The Bertz CT molecular complexity index is 1140. The number of nitrogens with zero attached hydrogens (tertiary/aromatic N) is 2. The van der Waals surface area contributed by atoms with Crippen LogP contribution in [0.3, 0.4) is 0 Å². The molecule has 0 spiro atoms. The monoisotopic (exact) mass is 380 g/mol. The first-order chi connectivity index (χ1) is 12.8. The Morgan fingerprint density at radius 2 is 2.04 bits per heavy atom. The Balaban J connectivity index is 1.51. The SMILES string of the molecule is O=c1[nH]c(C[n+]2ccc3c(c2)CCCC3)nc2scc(-c3cccs3)c12. The van der Waals surface area contributed by atoms with Crippen LogP contribution in [-0.2, 0) is 19.4 Å². The van der Waals surface area contributed by atoms with Crippen molar-refractivity contribution in [1.82, 2.24) is 9.97 Å². The fourth-order valence-electron chi connectivity index (χ4n) is 3.67. The molecular weight excluding hydrogens is 362 g/mol. The quantitative estimate of drug-likeness (QED) is 0.548. The third-order valence-electron chi connectivity index (χ3n) is 4.96. The molecule has 4 nitrogen and oxygen atoms in total. The standard InChI is InChI=1S/C20H17N3OS2/c24-19-18-15(16-6-3-9-25-16)12-26-20(18)22-17(21-19)11-23-8-7-13-4-1-2-5-14(13)10-23/h3,6-10,12H,1-2,4-5,11H2/p+1. The second kappa shape index (κ2) is 6.45. The molecule has 4 heterocycles. The molecule has 0 radical (unpaired) electrons. The molecule has 1 aliphatic rings. The number of hydrogen-bond acceptors (Lipinski definition) is 4. The van der Waals surface area contributed by atoms with Gasteiger partial charge in [-0.3, -0.25) is 4.79 Å². The van der Waals surface area contributed by atoms with Gasteiger partial charge < -0.3 is 4.98 Å². The van der Waals surface area contributed by atoms with Crippen LogP contribution in [0.25, 0.3) is 20.7 Å². The van der Waals surface area contributed by atoms with E-state index in [0.717, 1.165) is 21.7 Å². The average Bonchev–Trinajstić information content (AvgIpc) is 3.31. The van der Waals surface area contributed by atoms with E-state index in [1.165, 1.54) is 30.4 Å². The third kappa shape index (κ3) is 2.79. The molecule has 0 aromatic carbocycles. The first-order valence-corrected chi connectivity index (χ1v) is 10.6. The lowest BCUT2D eigenvalue weighted by Gasteiger charge is -2.13. The summed E-state index contributed by atoms with van der Waals surface area (Å²) in [5.74, 6) is 0.711. The van der Waals surface area contributed by atoms with Crippen LogP contribution in [0.1, 0.15) is 29.8 Å². The number of H-pyrrole nitrogens is 1. The minimum absolute atomic E-state index is 0.0480. The molecule has 4 aromatic rings. The summed E-state index contributed by atoms with van der Waals surface area (Å²) < 4.78 is 2.13. The van der Waals surface area contributed by atoms with Crippen LogP contribution in [0.5, 0.6) is 0 Å². The predicted octanol–water partition coefficient (Wildman–Crippen LogP) is 3.93. The molecule has 26 heavy (non-hydrogen) atoms. The highest BCUT2D eigenvalue weighted by molar-refractivity contribution is 7.18. The van der Waals surface area contributed by atoms with Gasteiger partial charge in [-0.1, -0.05) is 6.07 Å². The zero-order valence-electron chi connectivity index (χ0n) is 14.2. The van der Waals surface area contributed by atoms with Crippen molar-refractivity contribution in [2.24, 2.45) is 0 Å². The molecule has 0 unspecified atom stereocenters. The molecule has 0 saturated heterocycles. The van der Waals surface area contributed by atoms with E-state index in [2.05, 4.69) is 28.0 Å². The van der Waals surface area contributed by atoms with Crippen molar-refractivity contribution in [3.63, 3.8) is 0 Å². The minimum Gasteiger partial charge on any atom is -0.305 e. The van der Waals surface area contributed by atoms with Gasteiger partial charge in [0.15, 0.2) is 18.2 Å². The van der Waals surface area contributed by atoms with Crippen LogP contribution < -0.4 is 10.1 Å². The average molecular weight is 381 g/mol. The lowest BCUT2D eigenvalue weighted by molar-refractivity contribution is -0.689. The van der Waals surface area contributed by atoms with E-state index in [-0.39, 0.29) is 5.56 Å². The van der Waals surface area contributed by atoms with Crippen LogP contribution in [0.4, 0.5) is 0 Å². The Morgan fingerprint density at radius 1 is 1.15 bits per heavy atom. The van der Waals surface area contributed by atoms with E-state index >= 15 is 0 Å². The summed E-state index contributed by atoms with van der Waals surface area (Å²) in [5, 5.41) is 4.77. The lowest BCUT2D eigenvalue weighted by Crippen LogP contribution is -2.36. The van der Waals surface area contributed by atoms with Gasteiger partial charge in [-0.2, -0.15) is 4.57 Å². The number of fused-ring (bicyclic) bond motifs is 2. The van der Waals surface area contributed by atoms with Crippen molar-refractivity contribution in [2.45, 2.75) is 32.2 Å². The topological polar surface area (TPSA) is 49.6 Å². The minimum atomic E-state index is -0.0480. The van der Waals surface area contributed by atoms with Crippen molar-refractivity contribution in [2.75, 3.05) is 0 Å². The van der Waals surface area contributed by atoms with Gasteiger partial charge in [0.2, 0.25) is 6.54 Å². The fraction of sp³-hybridized carbons (Fsp3) is 0.250. The van der Waals surface area contributed by atoms with Gasteiger partial charge in [0.25, 0.3) is 5.56 Å². The summed E-state index contributed by atoms with van der Waals surface area (Å²) in [6, 6.07) is 6.26. The van der Waals surface area contributed by atoms with Gasteiger partial charge >= 0.3 is 0 Å². The smallest absolute Gasteiger partial charge is 0.260 e. The largest absolute Gasteiger partial charge is 0.305 e. The molecular formula is C20H18N3OS2+. The molecule has 4 aromatic heterocycles.